The van der Waals surface area contributed by atoms with E-state index < -0.39 is 0 Å². The molecule has 1 saturated heterocycles. The van der Waals surface area contributed by atoms with E-state index in [9.17, 15) is 4.79 Å². The number of benzene rings is 2. The monoisotopic (exact) mass is 466 g/mol. The molecule has 4 aromatic rings. The van der Waals surface area contributed by atoms with Crippen molar-refractivity contribution in [2.24, 2.45) is 0 Å². The molecule has 6 nitrogen and oxygen atoms in total. The van der Waals surface area contributed by atoms with Gasteiger partial charge in [-0.05, 0) is 43.3 Å². The van der Waals surface area contributed by atoms with Gasteiger partial charge in [-0.2, -0.15) is 5.10 Å². The summed E-state index contributed by atoms with van der Waals surface area (Å²) in [6, 6.07) is 17.6. The Morgan fingerprint density at radius 2 is 1.84 bits per heavy atom. The normalized spacial score (nSPS) is 14.2. The lowest BCUT2D eigenvalue weighted by atomic mass is 10.2. The first-order valence-electron chi connectivity index (χ1n) is 10.5. The number of rotatable bonds is 4. The van der Waals surface area contributed by atoms with Crippen molar-refractivity contribution in [2.45, 2.75) is 6.92 Å². The van der Waals surface area contributed by atoms with Gasteiger partial charge in [-0.25, -0.2) is 4.68 Å². The summed E-state index contributed by atoms with van der Waals surface area (Å²) >= 11 is 7.66. The van der Waals surface area contributed by atoms with E-state index in [4.69, 9.17) is 16.3 Å². The molecule has 8 heteroatoms. The fourth-order valence-corrected chi connectivity index (χ4v) is 5.47. The zero-order chi connectivity index (χ0) is 22.2. The summed E-state index contributed by atoms with van der Waals surface area (Å²) in [5.74, 6) is 0.931. The first-order chi connectivity index (χ1) is 15.5. The highest BCUT2D eigenvalue weighted by Crippen LogP contribution is 2.33. The third-order valence-electron chi connectivity index (χ3n) is 5.80. The van der Waals surface area contributed by atoms with Gasteiger partial charge in [-0.15, -0.1) is 11.3 Å². The van der Waals surface area contributed by atoms with E-state index in [1.165, 1.54) is 11.3 Å². The molecule has 5 rings (SSSR count). The van der Waals surface area contributed by atoms with E-state index in [-0.39, 0.29) is 5.91 Å². The molecule has 0 spiro atoms. The van der Waals surface area contributed by atoms with E-state index in [0.29, 0.717) is 18.1 Å². The Morgan fingerprint density at radius 3 is 2.59 bits per heavy atom. The molecule has 2 aromatic carbocycles. The Kier molecular flexibility index (Phi) is 5.53. The number of aromatic nitrogens is 2. The first-order valence-corrected chi connectivity index (χ1v) is 11.7. The van der Waals surface area contributed by atoms with Crippen molar-refractivity contribution in [1.82, 2.24) is 14.7 Å². The number of carbonyl (C=O) groups is 1. The highest BCUT2D eigenvalue weighted by molar-refractivity contribution is 7.20. The van der Waals surface area contributed by atoms with Gasteiger partial charge in [-0.3, -0.25) is 4.79 Å². The molecule has 0 unspecified atom stereocenters. The zero-order valence-electron chi connectivity index (χ0n) is 17.9. The third-order valence-corrected chi connectivity index (χ3v) is 7.13. The highest BCUT2D eigenvalue weighted by atomic mass is 35.5. The molecule has 0 saturated carbocycles. The Labute approximate surface area is 195 Å². The van der Waals surface area contributed by atoms with Crippen LogP contribution in [0.2, 0.25) is 5.02 Å². The Bertz CT molecular complexity index is 1290. The van der Waals surface area contributed by atoms with Gasteiger partial charge in [0.15, 0.2) is 0 Å². The number of ether oxygens (including phenoxy) is 1. The van der Waals surface area contributed by atoms with Crippen molar-refractivity contribution in [3.8, 4) is 11.4 Å². The van der Waals surface area contributed by atoms with Crippen molar-refractivity contribution in [2.75, 3.05) is 38.2 Å². The minimum Gasteiger partial charge on any atom is -0.495 e. The maximum atomic E-state index is 13.3. The van der Waals surface area contributed by atoms with Gasteiger partial charge in [0.1, 0.15) is 10.6 Å². The number of piperazine rings is 1. The number of fused-ring (bicyclic) bond motifs is 1. The number of carbonyl (C=O) groups excluding carboxylic acids is 1. The topological polar surface area (TPSA) is 50.6 Å². The van der Waals surface area contributed by atoms with Gasteiger partial charge in [0, 0.05) is 36.6 Å². The zero-order valence-corrected chi connectivity index (χ0v) is 19.5. The number of para-hydroxylation sites is 2. The van der Waals surface area contributed by atoms with E-state index in [1.807, 2.05) is 65.0 Å². The Morgan fingerprint density at radius 1 is 1.06 bits per heavy atom. The summed E-state index contributed by atoms with van der Waals surface area (Å²) in [5.41, 5.74) is 2.86. The number of hydrogen-bond acceptors (Lipinski definition) is 5. The quantitative estimate of drug-likeness (QED) is 0.423. The SMILES string of the molecule is COc1ccccc1N1CCN(C(=O)c2cc3c(C)nn(-c4cccc(Cl)c4)c3s2)CC1. The van der Waals surface area contributed by atoms with Crippen LogP contribution in [0.15, 0.2) is 54.6 Å². The van der Waals surface area contributed by atoms with Crippen molar-refractivity contribution >= 4 is 44.7 Å². The second kappa shape index (κ2) is 8.48. The van der Waals surface area contributed by atoms with Gasteiger partial charge in [0.25, 0.3) is 5.91 Å². The molecular formula is C24H23ClN4O2S. The van der Waals surface area contributed by atoms with Crippen LogP contribution in [-0.2, 0) is 0 Å². The molecule has 0 bridgehead atoms. The maximum Gasteiger partial charge on any atom is 0.264 e. The molecule has 32 heavy (non-hydrogen) atoms. The number of thiophene rings is 1. The lowest BCUT2D eigenvalue weighted by Gasteiger charge is -2.36. The smallest absolute Gasteiger partial charge is 0.264 e. The van der Waals surface area contributed by atoms with E-state index in [1.54, 1.807) is 7.11 Å². The summed E-state index contributed by atoms with van der Waals surface area (Å²) < 4.78 is 7.37. The van der Waals surface area contributed by atoms with Crippen LogP contribution in [0.3, 0.4) is 0 Å². The summed E-state index contributed by atoms with van der Waals surface area (Å²) in [6.45, 7) is 4.85. The van der Waals surface area contributed by atoms with Crippen LogP contribution < -0.4 is 9.64 Å². The highest BCUT2D eigenvalue weighted by Gasteiger charge is 2.26. The van der Waals surface area contributed by atoms with Crippen LogP contribution in [0.1, 0.15) is 15.4 Å². The predicted octanol–water partition coefficient (Wildman–Crippen LogP) is 5.02. The lowest BCUT2D eigenvalue weighted by Crippen LogP contribution is -2.48. The van der Waals surface area contributed by atoms with Crippen molar-refractivity contribution in [3.63, 3.8) is 0 Å². The summed E-state index contributed by atoms with van der Waals surface area (Å²) in [7, 11) is 1.69. The number of hydrogen-bond donors (Lipinski definition) is 0. The number of anilines is 1. The first kappa shape index (κ1) is 20.8. The molecular weight excluding hydrogens is 444 g/mol. The van der Waals surface area contributed by atoms with Crippen LogP contribution in [0.5, 0.6) is 5.75 Å². The Hall–Kier alpha value is -3.03. The fourth-order valence-electron chi connectivity index (χ4n) is 4.13. The number of nitrogens with zero attached hydrogens (tertiary/aromatic N) is 4. The van der Waals surface area contributed by atoms with E-state index >= 15 is 0 Å². The average Bonchev–Trinajstić information content (AvgIpc) is 3.39. The maximum absolute atomic E-state index is 13.3. The minimum atomic E-state index is 0.0721. The molecule has 1 fully saturated rings. The number of amides is 1. The van der Waals surface area contributed by atoms with E-state index in [2.05, 4.69) is 16.1 Å². The van der Waals surface area contributed by atoms with Crippen molar-refractivity contribution in [1.29, 1.82) is 0 Å². The number of methoxy groups -OCH3 is 1. The molecule has 1 aliphatic heterocycles. The number of aryl methyl sites for hydroxylation is 1. The summed E-state index contributed by atoms with van der Waals surface area (Å²) in [6.07, 6.45) is 0. The molecule has 1 aliphatic rings. The van der Waals surface area contributed by atoms with Gasteiger partial charge in [0.2, 0.25) is 0 Å². The van der Waals surface area contributed by atoms with Crippen LogP contribution in [0.4, 0.5) is 5.69 Å². The van der Waals surface area contributed by atoms with Crippen LogP contribution in [0.25, 0.3) is 15.9 Å². The standard InChI is InChI=1S/C24H23ClN4O2S/c1-16-19-15-22(32-24(19)29(26-16)18-7-5-6-17(25)14-18)23(30)28-12-10-27(11-13-28)20-8-3-4-9-21(20)31-2/h3-9,14-15H,10-13H2,1-2H3. The molecule has 1 amide bonds. The molecule has 0 radical (unpaired) electrons. The van der Waals surface area contributed by atoms with Crippen LogP contribution in [0, 0.1) is 6.92 Å². The summed E-state index contributed by atoms with van der Waals surface area (Å²) in [4.78, 5) is 19.2. The molecule has 0 aliphatic carbocycles. The number of halogens is 1. The lowest BCUT2D eigenvalue weighted by molar-refractivity contribution is 0.0751. The summed E-state index contributed by atoms with van der Waals surface area (Å²) in [5, 5.41) is 6.32. The largest absolute Gasteiger partial charge is 0.495 e. The predicted molar refractivity (Wildman–Crippen MR) is 130 cm³/mol. The molecule has 164 valence electrons. The van der Waals surface area contributed by atoms with Gasteiger partial charge in [-0.1, -0.05) is 29.8 Å². The molecule has 0 atom stereocenters. The van der Waals surface area contributed by atoms with E-state index in [0.717, 1.165) is 51.0 Å². The third kappa shape index (κ3) is 3.72. The van der Waals surface area contributed by atoms with Gasteiger partial charge >= 0.3 is 0 Å². The fraction of sp³-hybridized carbons (Fsp3) is 0.250. The van der Waals surface area contributed by atoms with Crippen LogP contribution >= 0.6 is 22.9 Å². The van der Waals surface area contributed by atoms with Crippen molar-refractivity contribution < 1.29 is 9.53 Å². The van der Waals surface area contributed by atoms with Crippen molar-refractivity contribution in [3.05, 3.63) is 70.2 Å². The second-order valence-corrected chi connectivity index (χ2v) is 9.22. The molecule has 2 aromatic heterocycles. The Balaban J connectivity index is 1.36. The average molecular weight is 467 g/mol. The minimum absolute atomic E-state index is 0.0721. The van der Waals surface area contributed by atoms with Gasteiger partial charge < -0.3 is 14.5 Å². The molecule has 0 N–H and O–H groups in total. The molecule has 3 heterocycles. The second-order valence-electron chi connectivity index (χ2n) is 7.76. The van der Waals surface area contributed by atoms with Gasteiger partial charge in [0.05, 0.1) is 29.1 Å². The van der Waals surface area contributed by atoms with Crippen LogP contribution in [-0.4, -0.2) is 53.9 Å².